The lowest BCUT2D eigenvalue weighted by Crippen LogP contribution is -2.45. The van der Waals surface area contributed by atoms with Crippen molar-refractivity contribution in [2.24, 2.45) is 0 Å². The Morgan fingerprint density at radius 1 is 1.47 bits per heavy atom. The van der Waals surface area contributed by atoms with Gasteiger partial charge < -0.3 is 16.0 Å². The molecule has 19 heavy (non-hydrogen) atoms. The summed E-state index contributed by atoms with van der Waals surface area (Å²) < 4.78 is 1.39. The summed E-state index contributed by atoms with van der Waals surface area (Å²) in [4.78, 5) is 22.7. The molecule has 1 fully saturated rings. The smallest absolute Gasteiger partial charge is 0.327 e. The lowest BCUT2D eigenvalue weighted by Gasteiger charge is -2.16. The summed E-state index contributed by atoms with van der Waals surface area (Å²) in [7, 11) is 3.65. The number of urea groups is 1. The molecule has 0 saturated carbocycles. The molecular weight excluding hydrogens is 288 g/mol. The second kappa shape index (κ2) is 8.02. The Balaban J connectivity index is 2.07. The van der Waals surface area contributed by atoms with E-state index in [2.05, 4.69) is 21.4 Å². The predicted molar refractivity (Wildman–Crippen MR) is 78.5 cm³/mol. The van der Waals surface area contributed by atoms with Crippen LogP contribution in [-0.4, -0.2) is 66.0 Å². The zero-order chi connectivity index (χ0) is 14.3. The largest absolute Gasteiger partial charge is 0.360 e. The average molecular weight is 306 g/mol. The third kappa shape index (κ3) is 6.45. The molecule has 0 aliphatic carbocycles. The molecule has 1 aliphatic rings. The molecular formula is C9H18N6O2S2. The molecule has 10 heteroatoms. The Kier molecular flexibility index (Phi) is 6.67. The van der Waals surface area contributed by atoms with Crippen molar-refractivity contribution in [2.45, 2.75) is 0 Å². The molecule has 0 radical (unpaired) electrons. The van der Waals surface area contributed by atoms with Gasteiger partial charge in [-0.2, -0.15) is 0 Å². The summed E-state index contributed by atoms with van der Waals surface area (Å²) in [6, 6.07) is -0.227. The maximum absolute atomic E-state index is 11.5. The van der Waals surface area contributed by atoms with Crippen LogP contribution in [0.3, 0.4) is 0 Å². The van der Waals surface area contributed by atoms with Crippen molar-refractivity contribution in [3.05, 3.63) is 0 Å². The van der Waals surface area contributed by atoms with E-state index in [9.17, 15) is 9.59 Å². The molecule has 0 spiro atoms. The van der Waals surface area contributed by atoms with E-state index in [0.29, 0.717) is 31.3 Å². The fourth-order valence-electron chi connectivity index (χ4n) is 1.26. The number of carbonyl (C=O) groups excluding carboxylic acids is 2. The molecule has 3 amide bonds. The second-order valence-corrected chi connectivity index (χ2v) is 5.30. The minimum Gasteiger partial charge on any atom is -0.360 e. The van der Waals surface area contributed by atoms with Gasteiger partial charge in [0.05, 0.1) is 18.5 Å². The van der Waals surface area contributed by atoms with Crippen LogP contribution in [0.25, 0.3) is 0 Å². The topological polar surface area (TPSA) is 88.7 Å². The van der Waals surface area contributed by atoms with Gasteiger partial charge in [0.25, 0.3) is 5.24 Å². The molecule has 0 unspecified atom stereocenters. The van der Waals surface area contributed by atoms with Gasteiger partial charge >= 0.3 is 6.03 Å². The average Bonchev–Trinajstić information content (AvgIpc) is 2.70. The summed E-state index contributed by atoms with van der Waals surface area (Å²) in [5, 5.41) is 10.2. The normalized spacial score (nSPS) is 14.3. The van der Waals surface area contributed by atoms with E-state index < -0.39 is 0 Å². The third-order valence-electron chi connectivity index (χ3n) is 2.02. The molecule has 0 atom stereocenters. The van der Waals surface area contributed by atoms with Gasteiger partial charge in [-0.3, -0.25) is 14.5 Å². The number of thiocarbonyl (C=S) groups is 1. The van der Waals surface area contributed by atoms with Crippen LogP contribution in [0, 0.1) is 0 Å². The van der Waals surface area contributed by atoms with Crippen LogP contribution in [0.15, 0.2) is 0 Å². The number of hydrazine groups is 1. The summed E-state index contributed by atoms with van der Waals surface area (Å²) in [6.45, 7) is 2.05. The number of rotatable bonds is 5. The maximum Gasteiger partial charge on any atom is 0.327 e. The first-order valence-electron chi connectivity index (χ1n) is 5.72. The highest BCUT2D eigenvalue weighted by molar-refractivity contribution is 8.11. The van der Waals surface area contributed by atoms with Crippen LogP contribution < -0.4 is 21.4 Å². The SMILES string of the molecule is CN(C)NC(=S)NCCNC(=O)SN1CCNC1=O. The first-order chi connectivity index (χ1) is 8.99. The molecule has 1 saturated heterocycles. The van der Waals surface area contributed by atoms with E-state index in [1.165, 1.54) is 4.31 Å². The van der Waals surface area contributed by atoms with Gasteiger partial charge in [0.1, 0.15) is 0 Å². The first-order valence-corrected chi connectivity index (χ1v) is 6.90. The van der Waals surface area contributed by atoms with Crippen molar-refractivity contribution < 1.29 is 9.59 Å². The summed E-state index contributed by atoms with van der Waals surface area (Å²) in [6.07, 6.45) is 0. The van der Waals surface area contributed by atoms with E-state index in [0.717, 1.165) is 11.9 Å². The number of carbonyl (C=O) groups is 2. The van der Waals surface area contributed by atoms with Crippen LogP contribution in [0.1, 0.15) is 0 Å². The molecule has 0 aromatic carbocycles. The Hall–Kier alpha value is -1.26. The Bertz CT molecular complexity index is 352. The van der Waals surface area contributed by atoms with Crippen LogP contribution in [0.5, 0.6) is 0 Å². The quantitative estimate of drug-likeness (QED) is 0.231. The van der Waals surface area contributed by atoms with Gasteiger partial charge in [-0.25, -0.2) is 9.80 Å². The number of nitrogens with zero attached hydrogens (tertiary/aromatic N) is 2. The van der Waals surface area contributed by atoms with Crippen LogP contribution >= 0.6 is 24.2 Å². The van der Waals surface area contributed by atoms with Gasteiger partial charge in [0.15, 0.2) is 5.11 Å². The highest BCUT2D eigenvalue weighted by atomic mass is 32.2. The van der Waals surface area contributed by atoms with Gasteiger partial charge in [0, 0.05) is 33.7 Å². The number of nitrogens with one attached hydrogen (secondary N) is 4. The van der Waals surface area contributed by atoms with Gasteiger partial charge in [-0.1, -0.05) is 0 Å². The van der Waals surface area contributed by atoms with Crippen molar-refractivity contribution in [1.82, 2.24) is 30.7 Å². The second-order valence-electron chi connectivity index (χ2n) is 3.90. The molecule has 0 bridgehead atoms. The summed E-state index contributed by atoms with van der Waals surface area (Å²) in [5.74, 6) is 0. The van der Waals surface area contributed by atoms with Crippen LogP contribution in [0.2, 0.25) is 0 Å². The van der Waals surface area contributed by atoms with Crippen LogP contribution in [-0.2, 0) is 0 Å². The van der Waals surface area contributed by atoms with Crippen molar-refractivity contribution in [2.75, 3.05) is 40.3 Å². The molecule has 0 aromatic rings. The Morgan fingerprint density at radius 2 is 2.16 bits per heavy atom. The van der Waals surface area contributed by atoms with Crippen LogP contribution in [0.4, 0.5) is 9.59 Å². The summed E-state index contributed by atoms with van der Waals surface area (Å²) in [5.41, 5.74) is 2.87. The molecule has 1 rings (SSSR count). The van der Waals surface area contributed by atoms with Gasteiger partial charge in [-0.15, -0.1) is 0 Å². The lowest BCUT2D eigenvalue weighted by atomic mass is 10.6. The van der Waals surface area contributed by atoms with Crippen molar-refractivity contribution in [1.29, 1.82) is 0 Å². The molecule has 0 aromatic heterocycles. The fourth-order valence-corrected chi connectivity index (χ4v) is 2.24. The predicted octanol–water partition coefficient (Wildman–Crippen LogP) is -0.690. The minimum absolute atomic E-state index is 0.227. The highest BCUT2D eigenvalue weighted by Gasteiger charge is 2.22. The maximum atomic E-state index is 11.5. The van der Waals surface area contributed by atoms with Crippen molar-refractivity contribution in [3.8, 4) is 0 Å². The van der Waals surface area contributed by atoms with E-state index >= 15 is 0 Å². The Morgan fingerprint density at radius 3 is 2.74 bits per heavy atom. The molecule has 108 valence electrons. The zero-order valence-electron chi connectivity index (χ0n) is 10.9. The van der Waals surface area contributed by atoms with E-state index in [1.54, 1.807) is 5.01 Å². The Labute approximate surface area is 121 Å². The van der Waals surface area contributed by atoms with E-state index in [-0.39, 0.29) is 11.3 Å². The van der Waals surface area contributed by atoms with E-state index in [4.69, 9.17) is 12.2 Å². The third-order valence-corrected chi connectivity index (χ3v) is 3.13. The molecule has 1 aliphatic heterocycles. The number of amides is 3. The van der Waals surface area contributed by atoms with Gasteiger partial charge in [-0.05, 0) is 12.2 Å². The zero-order valence-corrected chi connectivity index (χ0v) is 12.5. The highest BCUT2D eigenvalue weighted by Crippen LogP contribution is 2.12. The molecule has 4 N–H and O–H groups in total. The van der Waals surface area contributed by atoms with Gasteiger partial charge in [0.2, 0.25) is 0 Å². The first kappa shape index (κ1) is 15.8. The molecule has 8 nitrogen and oxygen atoms in total. The monoisotopic (exact) mass is 306 g/mol. The fraction of sp³-hybridized carbons (Fsp3) is 0.667. The van der Waals surface area contributed by atoms with E-state index in [1.807, 2.05) is 14.1 Å². The van der Waals surface area contributed by atoms with Crippen molar-refractivity contribution >= 4 is 40.5 Å². The lowest BCUT2D eigenvalue weighted by molar-refractivity contribution is 0.237. The number of hydrogen-bond donors (Lipinski definition) is 4. The molecule has 1 heterocycles. The standard InChI is InChI=1S/C9H18N6O2S2/c1-14(2)13-7(18)10-3-4-12-9(17)19-15-6-5-11-8(15)16/h3-6H2,1-2H3,(H,11,16)(H,12,17)(H2,10,13,18). The summed E-state index contributed by atoms with van der Waals surface area (Å²) >= 11 is 5.87. The number of hydrogen-bond acceptors (Lipinski definition) is 5. The van der Waals surface area contributed by atoms with Crippen molar-refractivity contribution in [3.63, 3.8) is 0 Å². The minimum atomic E-state index is -0.259.